The molecular weight excluding hydrogens is 393 g/mol. The largest absolute Gasteiger partial charge is 0.381 e. The van der Waals surface area contributed by atoms with Gasteiger partial charge in [-0.15, -0.1) is 24.0 Å². The molecule has 5 nitrogen and oxygen atoms in total. The minimum atomic E-state index is 0. The van der Waals surface area contributed by atoms with Crippen molar-refractivity contribution in [2.45, 2.75) is 19.8 Å². The molecule has 0 amide bonds. The van der Waals surface area contributed by atoms with Crippen LogP contribution in [0.15, 0.2) is 29.3 Å². The number of nitrogens with two attached hydrogens (primary N) is 1. The Hall–Kier alpha value is -0.860. The SMILES string of the molecule is Cc1cccc(NC(N)=NCCCOCC2CCOC2)c1.I. The topological polar surface area (TPSA) is 68.9 Å². The van der Waals surface area contributed by atoms with E-state index in [-0.39, 0.29) is 24.0 Å². The zero-order valence-electron chi connectivity index (χ0n) is 13.1. The van der Waals surface area contributed by atoms with Crippen molar-refractivity contribution in [1.82, 2.24) is 0 Å². The van der Waals surface area contributed by atoms with Crippen molar-refractivity contribution in [3.05, 3.63) is 29.8 Å². The van der Waals surface area contributed by atoms with Gasteiger partial charge in [0.05, 0.1) is 13.2 Å². The molecule has 6 heteroatoms. The normalized spacial score (nSPS) is 18.0. The first-order valence-electron chi connectivity index (χ1n) is 7.53. The fourth-order valence-corrected chi connectivity index (χ4v) is 2.24. The van der Waals surface area contributed by atoms with Crippen molar-refractivity contribution < 1.29 is 9.47 Å². The second-order valence-electron chi connectivity index (χ2n) is 5.42. The van der Waals surface area contributed by atoms with E-state index in [2.05, 4.69) is 10.3 Å². The molecule has 22 heavy (non-hydrogen) atoms. The Kier molecular flexibility index (Phi) is 9.42. The Bertz CT molecular complexity index is 462. The minimum absolute atomic E-state index is 0. The van der Waals surface area contributed by atoms with Crippen molar-refractivity contribution >= 4 is 35.6 Å². The van der Waals surface area contributed by atoms with Gasteiger partial charge >= 0.3 is 0 Å². The summed E-state index contributed by atoms with van der Waals surface area (Å²) in [7, 11) is 0. The number of hydrogen-bond acceptors (Lipinski definition) is 3. The van der Waals surface area contributed by atoms with Crippen LogP contribution in [0.1, 0.15) is 18.4 Å². The number of aryl methyl sites for hydroxylation is 1. The van der Waals surface area contributed by atoms with Crippen LogP contribution in [0.5, 0.6) is 0 Å². The summed E-state index contributed by atoms with van der Waals surface area (Å²) in [5, 5.41) is 3.09. The van der Waals surface area contributed by atoms with Crippen LogP contribution in [0.3, 0.4) is 0 Å². The lowest BCUT2D eigenvalue weighted by Gasteiger charge is -2.08. The molecule has 124 valence electrons. The number of nitrogens with one attached hydrogen (secondary N) is 1. The standard InChI is InChI=1S/C16H25N3O2.HI/c1-13-4-2-5-15(10-13)19-16(17)18-7-3-8-20-11-14-6-9-21-12-14;/h2,4-5,10,14H,3,6-9,11-12H2,1H3,(H3,17,18,19);1H. The van der Waals surface area contributed by atoms with E-state index in [1.54, 1.807) is 0 Å². The van der Waals surface area contributed by atoms with Crippen LogP contribution in [0.2, 0.25) is 0 Å². The molecule has 0 bridgehead atoms. The first-order chi connectivity index (χ1) is 10.2. The van der Waals surface area contributed by atoms with E-state index in [1.165, 1.54) is 5.56 Å². The molecule has 1 heterocycles. The second kappa shape index (κ2) is 10.8. The first-order valence-corrected chi connectivity index (χ1v) is 7.53. The van der Waals surface area contributed by atoms with Gasteiger partial charge in [-0.1, -0.05) is 12.1 Å². The molecule has 1 aliphatic heterocycles. The smallest absolute Gasteiger partial charge is 0.193 e. The van der Waals surface area contributed by atoms with Crippen molar-refractivity contribution in [3.63, 3.8) is 0 Å². The lowest BCUT2D eigenvalue weighted by Crippen LogP contribution is -2.23. The number of benzene rings is 1. The van der Waals surface area contributed by atoms with Crippen molar-refractivity contribution in [1.29, 1.82) is 0 Å². The third kappa shape index (κ3) is 7.42. The van der Waals surface area contributed by atoms with Gasteiger partial charge in [0.2, 0.25) is 0 Å². The van der Waals surface area contributed by atoms with Crippen molar-refractivity contribution in [3.8, 4) is 0 Å². The molecule has 1 aromatic rings. The number of nitrogens with zero attached hydrogens (tertiary/aromatic N) is 1. The summed E-state index contributed by atoms with van der Waals surface area (Å²) >= 11 is 0. The van der Waals surface area contributed by atoms with E-state index in [0.717, 1.165) is 45.0 Å². The molecule has 0 saturated carbocycles. The van der Waals surface area contributed by atoms with E-state index in [9.17, 15) is 0 Å². The number of halogens is 1. The van der Waals surface area contributed by atoms with Crippen LogP contribution in [0.25, 0.3) is 0 Å². The van der Waals surface area contributed by atoms with Crippen LogP contribution in [-0.2, 0) is 9.47 Å². The Labute approximate surface area is 149 Å². The van der Waals surface area contributed by atoms with Gasteiger partial charge in [0.1, 0.15) is 0 Å². The molecule has 1 aromatic carbocycles. The average molecular weight is 419 g/mol. The molecule has 3 N–H and O–H groups in total. The molecule has 0 aliphatic carbocycles. The van der Waals surface area contributed by atoms with Crippen LogP contribution < -0.4 is 11.1 Å². The number of rotatable bonds is 7. The summed E-state index contributed by atoms with van der Waals surface area (Å²) in [6.45, 7) is 5.94. The highest BCUT2D eigenvalue weighted by Crippen LogP contribution is 2.12. The van der Waals surface area contributed by atoms with E-state index in [4.69, 9.17) is 15.2 Å². The van der Waals surface area contributed by atoms with Gasteiger partial charge in [0.15, 0.2) is 5.96 Å². The summed E-state index contributed by atoms with van der Waals surface area (Å²) < 4.78 is 10.9. The number of aliphatic imine (C=N–C) groups is 1. The third-order valence-electron chi connectivity index (χ3n) is 3.40. The molecule has 0 radical (unpaired) electrons. The molecular formula is C16H26IN3O2. The van der Waals surface area contributed by atoms with Gasteiger partial charge in [-0.2, -0.15) is 0 Å². The predicted octanol–water partition coefficient (Wildman–Crippen LogP) is 2.78. The Balaban J connectivity index is 0.00000242. The molecule has 0 spiro atoms. The van der Waals surface area contributed by atoms with Crippen LogP contribution in [0, 0.1) is 12.8 Å². The quantitative estimate of drug-likeness (QED) is 0.309. The highest BCUT2D eigenvalue weighted by atomic mass is 127. The third-order valence-corrected chi connectivity index (χ3v) is 3.40. The summed E-state index contributed by atoms with van der Waals surface area (Å²) in [5.74, 6) is 1.02. The maximum absolute atomic E-state index is 5.85. The van der Waals surface area contributed by atoms with E-state index in [1.807, 2.05) is 31.2 Å². The van der Waals surface area contributed by atoms with E-state index < -0.39 is 0 Å². The van der Waals surface area contributed by atoms with Gasteiger partial charge in [-0.05, 0) is 37.5 Å². The number of hydrogen-bond donors (Lipinski definition) is 2. The van der Waals surface area contributed by atoms with Gasteiger partial charge in [-0.3, -0.25) is 4.99 Å². The van der Waals surface area contributed by atoms with E-state index >= 15 is 0 Å². The monoisotopic (exact) mass is 419 g/mol. The van der Waals surface area contributed by atoms with Crippen LogP contribution >= 0.6 is 24.0 Å². The van der Waals surface area contributed by atoms with Gasteiger partial charge < -0.3 is 20.5 Å². The maximum atomic E-state index is 5.85. The molecule has 1 saturated heterocycles. The first kappa shape index (κ1) is 19.2. The van der Waals surface area contributed by atoms with Crippen molar-refractivity contribution in [2.75, 3.05) is 38.3 Å². The lowest BCUT2D eigenvalue weighted by molar-refractivity contribution is 0.0893. The summed E-state index contributed by atoms with van der Waals surface area (Å²) in [5.41, 5.74) is 8.01. The lowest BCUT2D eigenvalue weighted by atomic mass is 10.1. The summed E-state index contributed by atoms with van der Waals surface area (Å²) in [4.78, 5) is 4.30. The van der Waals surface area contributed by atoms with Gasteiger partial charge in [0, 0.05) is 31.4 Å². The molecule has 1 aliphatic rings. The maximum Gasteiger partial charge on any atom is 0.193 e. The Morgan fingerprint density at radius 1 is 1.50 bits per heavy atom. The van der Waals surface area contributed by atoms with Crippen molar-refractivity contribution in [2.24, 2.45) is 16.6 Å². The number of guanidine groups is 1. The predicted molar refractivity (Wildman–Crippen MR) is 101 cm³/mol. The highest BCUT2D eigenvalue weighted by molar-refractivity contribution is 14.0. The minimum Gasteiger partial charge on any atom is -0.381 e. The Morgan fingerprint density at radius 2 is 2.36 bits per heavy atom. The fourth-order valence-electron chi connectivity index (χ4n) is 2.24. The van der Waals surface area contributed by atoms with E-state index in [0.29, 0.717) is 18.4 Å². The molecule has 2 rings (SSSR count). The summed E-state index contributed by atoms with van der Waals surface area (Å²) in [6.07, 6.45) is 2.00. The molecule has 1 atom stereocenters. The zero-order chi connectivity index (χ0) is 14.9. The van der Waals surface area contributed by atoms with Gasteiger partial charge in [0.25, 0.3) is 0 Å². The number of ether oxygens (including phenoxy) is 2. The fraction of sp³-hybridized carbons (Fsp3) is 0.562. The Morgan fingerprint density at radius 3 is 3.09 bits per heavy atom. The van der Waals surface area contributed by atoms with Crippen LogP contribution in [0.4, 0.5) is 5.69 Å². The van der Waals surface area contributed by atoms with Gasteiger partial charge in [-0.25, -0.2) is 0 Å². The summed E-state index contributed by atoms with van der Waals surface area (Å²) in [6, 6.07) is 8.05. The number of anilines is 1. The second-order valence-corrected chi connectivity index (χ2v) is 5.42. The molecule has 1 fully saturated rings. The molecule has 1 unspecified atom stereocenters. The molecule has 0 aromatic heterocycles. The average Bonchev–Trinajstić information content (AvgIpc) is 2.96. The highest BCUT2D eigenvalue weighted by Gasteiger charge is 2.14. The zero-order valence-corrected chi connectivity index (χ0v) is 15.4. The van der Waals surface area contributed by atoms with Crippen LogP contribution in [-0.4, -0.2) is 38.9 Å².